The van der Waals surface area contributed by atoms with Gasteiger partial charge in [0.05, 0.1) is 5.92 Å². The third-order valence-corrected chi connectivity index (χ3v) is 6.73. The minimum Gasteiger partial charge on any atom is -0.462 e. The molecule has 1 amide bonds. The van der Waals surface area contributed by atoms with E-state index in [1.54, 1.807) is 37.3 Å². The molecule has 8 nitrogen and oxygen atoms in total. The Bertz CT molecular complexity index is 1170. The summed E-state index contributed by atoms with van der Waals surface area (Å²) in [5.41, 5.74) is 0.635. The molecule has 1 fully saturated rings. The molecule has 34 heavy (non-hydrogen) atoms. The van der Waals surface area contributed by atoms with Crippen molar-refractivity contribution in [3.05, 3.63) is 71.5 Å². The van der Waals surface area contributed by atoms with Gasteiger partial charge in [0.25, 0.3) is 0 Å². The molecule has 3 N–H and O–H groups in total. The molecule has 0 bridgehead atoms. The summed E-state index contributed by atoms with van der Waals surface area (Å²) in [5, 5.41) is 21.6. The molecule has 0 saturated carbocycles. The summed E-state index contributed by atoms with van der Waals surface area (Å²) in [6, 6.07) is 16.2. The number of benzene rings is 2. The van der Waals surface area contributed by atoms with Crippen molar-refractivity contribution in [3.63, 3.8) is 0 Å². The largest absolute Gasteiger partial charge is 0.462 e. The molecule has 2 atom stereocenters. The van der Waals surface area contributed by atoms with Crippen molar-refractivity contribution in [3.8, 4) is 11.1 Å². The maximum absolute atomic E-state index is 13.4. The van der Waals surface area contributed by atoms with E-state index in [1.807, 2.05) is 24.3 Å². The van der Waals surface area contributed by atoms with Crippen LogP contribution in [0.4, 0.5) is 5.82 Å². The van der Waals surface area contributed by atoms with Crippen LogP contribution in [-0.2, 0) is 19.9 Å². The van der Waals surface area contributed by atoms with E-state index >= 15 is 0 Å². The second-order valence-corrected chi connectivity index (χ2v) is 8.93. The molecule has 1 unspecified atom stereocenters. The zero-order valence-electron chi connectivity index (χ0n) is 18.9. The van der Waals surface area contributed by atoms with Crippen molar-refractivity contribution in [1.29, 1.82) is 0 Å². The summed E-state index contributed by atoms with van der Waals surface area (Å²) < 4.78 is 10.7. The van der Waals surface area contributed by atoms with Crippen LogP contribution in [0.15, 0.2) is 59.1 Å². The molecule has 8 heteroatoms. The number of carbonyl (C=O) groups is 2. The first-order valence-corrected chi connectivity index (χ1v) is 11.5. The quantitative estimate of drug-likeness (QED) is 0.484. The number of aryl methyl sites for hydroxylation is 1. The number of hydrogen-bond donors (Lipinski definition) is 3. The van der Waals surface area contributed by atoms with Crippen molar-refractivity contribution in [2.45, 2.75) is 25.4 Å². The lowest BCUT2D eigenvalue weighted by molar-refractivity contribution is -0.164. The van der Waals surface area contributed by atoms with Gasteiger partial charge in [-0.1, -0.05) is 53.7 Å². The van der Waals surface area contributed by atoms with Gasteiger partial charge in [0.2, 0.25) is 11.5 Å². The lowest BCUT2D eigenvalue weighted by Gasteiger charge is -2.30. The highest BCUT2D eigenvalue weighted by Crippen LogP contribution is 2.48. The summed E-state index contributed by atoms with van der Waals surface area (Å²) in [4.78, 5) is 26.6. The number of nitrogens with one attached hydrogen (secondary N) is 2. The highest BCUT2D eigenvalue weighted by atomic mass is 16.6. The molecule has 5 rings (SSSR count). The Labute approximate surface area is 197 Å². The Hall–Kier alpha value is -3.49. The number of carbonyl (C=O) groups excluding carboxylic acids is 2. The highest BCUT2D eigenvalue weighted by molar-refractivity contribution is 5.96. The van der Waals surface area contributed by atoms with E-state index < -0.39 is 17.5 Å². The fourth-order valence-corrected chi connectivity index (χ4v) is 4.99. The van der Waals surface area contributed by atoms with E-state index in [9.17, 15) is 14.7 Å². The first kappa shape index (κ1) is 22.3. The van der Waals surface area contributed by atoms with Gasteiger partial charge in [-0.2, -0.15) is 0 Å². The van der Waals surface area contributed by atoms with Crippen LogP contribution in [0.3, 0.4) is 0 Å². The summed E-state index contributed by atoms with van der Waals surface area (Å²) >= 11 is 0. The zero-order valence-corrected chi connectivity index (χ0v) is 18.9. The monoisotopic (exact) mass is 461 g/mol. The molecular weight excluding hydrogens is 434 g/mol. The van der Waals surface area contributed by atoms with Crippen molar-refractivity contribution in [2.75, 3.05) is 25.0 Å². The lowest BCUT2D eigenvalue weighted by atomic mass is 9.85. The first-order valence-electron chi connectivity index (χ1n) is 11.5. The molecule has 1 aromatic heterocycles. The number of fused-ring (bicyclic) bond motifs is 3. The number of amides is 1. The maximum atomic E-state index is 13.4. The number of hydrogen-bond acceptors (Lipinski definition) is 7. The SMILES string of the molecule is Cc1cc(NC(=O)C(COC(=O)C2(O)c3ccccc3-c3ccccc32)[C@H]2CCCNC2)no1. The molecule has 0 radical (unpaired) electrons. The van der Waals surface area contributed by atoms with Crippen LogP contribution in [0, 0.1) is 18.8 Å². The molecule has 0 spiro atoms. The standard InChI is InChI=1S/C26H27N3O5/c1-16-13-23(29-34-16)28-24(30)20(17-7-6-12-27-14-17)15-33-25(31)26(32)21-10-4-2-8-18(21)19-9-3-5-11-22(19)26/h2-5,8-11,13,17,20,27,32H,6-7,12,14-15H2,1H3,(H,28,29,30)/t17-,20?/m0/s1. The van der Waals surface area contributed by atoms with Gasteiger partial charge in [0, 0.05) is 17.2 Å². The first-order chi connectivity index (χ1) is 16.5. The predicted octanol–water partition coefficient (Wildman–Crippen LogP) is 3.00. The number of ether oxygens (including phenoxy) is 1. The second kappa shape index (κ2) is 9.04. The Balaban J connectivity index is 1.38. The van der Waals surface area contributed by atoms with Gasteiger partial charge in [-0.05, 0) is 49.9 Å². The fourth-order valence-electron chi connectivity index (χ4n) is 4.99. The van der Waals surface area contributed by atoms with Crippen LogP contribution in [0.2, 0.25) is 0 Å². The van der Waals surface area contributed by atoms with Crippen LogP contribution in [0.25, 0.3) is 11.1 Å². The van der Waals surface area contributed by atoms with Gasteiger partial charge in [0.1, 0.15) is 12.4 Å². The van der Waals surface area contributed by atoms with Crippen LogP contribution >= 0.6 is 0 Å². The van der Waals surface area contributed by atoms with E-state index in [0.717, 1.165) is 30.5 Å². The smallest absolute Gasteiger partial charge is 0.347 e. The Morgan fingerprint density at radius 3 is 2.47 bits per heavy atom. The van der Waals surface area contributed by atoms with Crippen molar-refractivity contribution in [1.82, 2.24) is 10.5 Å². The van der Waals surface area contributed by atoms with Crippen molar-refractivity contribution in [2.24, 2.45) is 11.8 Å². The number of anilines is 1. The average molecular weight is 462 g/mol. The van der Waals surface area contributed by atoms with E-state index in [-0.39, 0.29) is 18.4 Å². The van der Waals surface area contributed by atoms with E-state index in [4.69, 9.17) is 9.26 Å². The third kappa shape index (κ3) is 3.89. The highest BCUT2D eigenvalue weighted by Gasteiger charge is 2.49. The number of esters is 1. The van der Waals surface area contributed by atoms with Crippen LogP contribution in [0.1, 0.15) is 29.7 Å². The number of aliphatic hydroxyl groups is 1. The second-order valence-electron chi connectivity index (χ2n) is 8.93. The minimum atomic E-state index is -1.93. The fraction of sp³-hybridized carbons (Fsp3) is 0.346. The normalized spacial score (nSPS) is 19.1. The number of rotatable bonds is 6. The Morgan fingerprint density at radius 1 is 1.21 bits per heavy atom. The number of nitrogens with zero attached hydrogens (tertiary/aromatic N) is 1. The minimum absolute atomic E-state index is 0.0210. The van der Waals surface area contributed by atoms with Gasteiger partial charge in [-0.15, -0.1) is 0 Å². The Kier molecular flexibility index (Phi) is 5.93. The van der Waals surface area contributed by atoms with Gasteiger partial charge in [0.15, 0.2) is 5.82 Å². The Morgan fingerprint density at radius 2 is 1.88 bits per heavy atom. The topological polar surface area (TPSA) is 114 Å². The van der Waals surface area contributed by atoms with Gasteiger partial charge in [-0.25, -0.2) is 4.79 Å². The summed E-state index contributed by atoms with van der Waals surface area (Å²) in [7, 11) is 0. The molecule has 2 aliphatic rings. The molecule has 2 heterocycles. The van der Waals surface area contributed by atoms with Crippen molar-refractivity contribution >= 4 is 17.7 Å². The maximum Gasteiger partial charge on any atom is 0.347 e. The summed E-state index contributed by atoms with van der Waals surface area (Å²) in [5.74, 6) is -0.812. The molecule has 1 saturated heterocycles. The van der Waals surface area contributed by atoms with E-state index in [1.165, 1.54) is 0 Å². The van der Waals surface area contributed by atoms with Gasteiger partial charge in [-0.3, -0.25) is 4.79 Å². The van der Waals surface area contributed by atoms with Crippen LogP contribution in [-0.4, -0.2) is 41.8 Å². The molecule has 176 valence electrons. The molecule has 3 aromatic rings. The van der Waals surface area contributed by atoms with Crippen LogP contribution < -0.4 is 10.6 Å². The van der Waals surface area contributed by atoms with E-state index in [2.05, 4.69) is 15.8 Å². The molecule has 1 aliphatic carbocycles. The van der Waals surface area contributed by atoms with Gasteiger partial charge < -0.3 is 25.0 Å². The number of piperidine rings is 1. The summed E-state index contributed by atoms with van der Waals surface area (Å²) in [6.07, 6.45) is 1.76. The lowest BCUT2D eigenvalue weighted by Crippen LogP contribution is -2.43. The summed E-state index contributed by atoms with van der Waals surface area (Å²) in [6.45, 7) is 3.12. The zero-order chi connectivity index (χ0) is 23.7. The van der Waals surface area contributed by atoms with Crippen LogP contribution in [0.5, 0.6) is 0 Å². The molecule has 1 aliphatic heterocycles. The molecular formula is C26H27N3O5. The predicted molar refractivity (Wildman–Crippen MR) is 125 cm³/mol. The number of aromatic nitrogens is 1. The van der Waals surface area contributed by atoms with E-state index in [0.29, 0.717) is 29.2 Å². The molecule has 2 aromatic carbocycles. The third-order valence-electron chi connectivity index (χ3n) is 6.73. The van der Waals surface area contributed by atoms with Crippen molar-refractivity contribution < 1.29 is 24.0 Å². The van der Waals surface area contributed by atoms with Gasteiger partial charge >= 0.3 is 5.97 Å². The average Bonchev–Trinajstić information content (AvgIpc) is 3.39.